The molecule has 0 fully saturated rings. The third-order valence-electron chi connectivity index (χ3n) is 3.17. The predicted molar refractivity (Wildman–Crippen MR) is 70.0 cm³/mol. The highest BCUT2D eigenvalue weighted by Gasteiger charge is 2.17. The summed E-state index contributed by atoms with van der Waals surface area (Å²) in [5.74, 6) is 0. The number of aryl methyl sites for hydroxylation is 2. The van der Waals surface area contributed by atoms with E-state index in [0.29, 0.717) is 5.69 Å². The second-order valence-corrected chi connectivity index (χ2v) is 4.34. The quantitative estimate of drug-likeness (QED) is 0.706. The van der Waals surface area contributed by atoms with Gasteiger partial charge in [-0.25, -0.2) is 4.98 Å². The molecule has 3 aromatic rings. The zero-order chi connectivity index (χ0) is 12.7. The van der Waals surface area contributed by atoms with Crippen LogP contribution in [0.4, 0.5) is 0 Å². The molecule has 0 radical (unpaired) electrons. The molecule has 18 heavy (non-hydrogen) atoms. The number of hydrogen-bond acceptors (Lipinski definition) is 2. The average Bonchev–Trinajstić information content (AvgIpc) is 2.88. The van der Waals surface area contributed by atoms with Gasteiger partial charge in [0.25, 0.3) is 0 Å². The van der Waals surface area contributed by atoms with E-state index in [2.05, 4.69) is 16.0 Å². The number of aromatic nitrogens is 3. The molecular weight excluding hydrogens is 224 g/mol. The number of benzene rings is 1. The van der Waals surface area contributed by atoms with Crippen molar-refractivity contribution < 1.29 is 0 Å². The Labute approximate surface area is 105 Å². The molecule has 0 saturated carbocycles. The number of aromatic amines is 1. The maximum atomic E-state index is 9.23. The number of fused-ring (bicyclic) bond motifs is 1. The molecule has 0 atom stereocenters. The van der Waals surface area contributed by atoms with E-state index in [9.17, 15) is 5.26 Å². The summed E-state index contributed by atoms with van der Waals surface area (Å²) in [4.78, 5) is 7.69. The van der Waals surface area contributed by atoms with Gasteiger partial charge < -0.3 is 9.55 Å². The van der Waals surface area contributed by atoms with Crippen molar-refractivity contribution in [3.05, 3.63) is 42.0 Å². The highest BCUT2D eigenvalue weighted by molar-refractivity contribution is 5.97. The molecule has 88 valence electrons. The van der Waals surface area contributed by atoms with E-state index in [4.69, 9.17) is 0 Å². The van der Waals surface area contributed by atoms with Crippen LogP contribution in [0.5, 0.6) is 0 Å². The topological polar surface area (TPSA) is 57.4 Å². The fourth-order valence-electron chi connectivity index (χ4n) is 2.33. The number of nitrogens with one attached hydrogen (secondary N) is 1. The first-order valence-corrected chi connectivity index (χ1v) is 5.71. The van der Waals surface area contributed by atoms with Crippen LogP contribution in [-0.4, -0.2) is 14.5 Å². The summed E-state index contributed by atoms with van der Waals surface area (Å²) in [6.45, 7) is 2.01. The van der Waals surface area contributed by atoms with Crippen molar-refractivity contribution in [1.29, 1.82) is 5.26 Å². The van der Waals surface area contributed by atoms with Crippen molar-refractivity contribution in [3.8, 4) is 17.3 Å². The molecular formula is C14H12N4. The second kappa shape index (κ2) is 3.74. The molecule has 0 aliphatic rings. The fraction of sp³-hybridized carbons (Fsp3) is 0.143. The van der Waals surface area contributed by atoms with Gasteiger partial charge in [-0.1, -0.05) is 18.2 Å². The number of nitrogens with zero attached hydrogens (tertiary/aromatic N) is 3. The minimum absolute atomic E-state index is 0.586. The number of H-pyrrole nitrogens is 1. The molecule has 2 heterocycles. The average molecular weight is 236 g/mol. The number of para-hydroxylation sites is 1. The van der Waals surface area contributed by atoms with Crippen LogP contribution in [-0.2, 0) is 7.05 Å². The lowest BCUT2D eigenvalue weighted by Crippen LogP contribution is -1.91. The van der Waals surface area contributed by atoms with Crippen molar-refractivity contribution in [2.75, 3.05) is 0 Å². The molecule has 4 heteroatoms. The van der Waals surface area contributed by atoms with Gasteiger partial charge in [-0.15, -0.1) is 0 Å². The third-order valence-corrected chi connectivity index (χ3v) is 3.17. The predicted octanol–water partition coefficient (Wildman–Crippen LogP) is 2.75. The van der Waals surface area contributed by atoms with Crippen LogP contribution < -0.4 is 0 Å². The molecule has 0 unspecified atom stereocenters. The molecule has 0 spiro atoms. The van der Waals surface area contributed by atoms with Gasteiger partial charge in [0.2, 0.25) is 0 Å². The first-order valence-electron chi connectivity index (χ1n) is 5.71. The van der Waals surface area contributed by atoms with E-state index in [1.807, 2.05) is 38.2 Å². The lowest BCUT2D eigenvalue weighted by molar-refractivity contribution is 0.897. The lowest BCUT2D eigenvalue weighted by Gasteiger charge is -1.99. The van der Waals surface area contributed by atoms with Crippen LogP contribution in [0, 0.1) is 18.3 Å². The van der Waals surface area contributed by atoms with Gasteiger partial charge >= 0.3 is 0 Å². The van der Waals surface area contributed by atoms with Crippen molar-refractivity contribution in [1.82, 2.24) is 14.5 Å². The van der Waals surface area contributed by atoms with Crippen LogP contribution in [0.15, 0.2) is 30.6 Å². The molecule has 0 saturated heterocycles. The first-order chi connectivity index (χ1) is 8.72. The summed E-state index contributed by atoms with van der Waals surface area (Å²) in [5, 5.41) is 10.3. The Balaban J connectivity index is 2.39. The van der Waals surface area contributed by atoms with Crippen LogP contribution in [0.2, 0.25) is 0 Å². The Bertz CT molecular complexity index is 771. The lowest BCUT2D eigenvalue weighted by atomic mass is 10.1. The van der Waals surface area contributed by atoms with Crippen molar-refractivity contribution in [3.63, 3.8) is 0 Å². The second-order valence-electron chi connectivity index (χ2n) is 4.34. The van der Waals surface area contributed by atoms with Gasteiger partial charge in [-0.05, 0) is 13.0 Å². The fourth-order valence-corrected chi connectivity index (χ4v) is 2.33. The number of imidazole rings is 1. The van der Waals surface area contributed by atoms with E-state index in [-0.39, 0.29) is 0 Å². The molecule has 1 N–H and O–H groups in total. The van der Waals surface area contributed by atoms with Gasteiger partial charge in [-0.2, -0.15) is 5.26 Å². The summed E-state index contributed by atoms with van der Waals surface area (Å²) in [6, 6.07) is 10.3. The molecule has 0 aliphatic heterocycles. The Morgan fingerprint density at radius 1 is 1.33 bits per heavy atom. The van der Waals surface area contributed by atoms with E-state index in [1.54, 1.807) is 10.9 Å². The van der Waals surface area contributed by atoms with E-state index < -0.39 is 0 Å². The van der Waals surface area contributed by atoms with Crippen LogP contribution in [0.25, 0.3) is 22.2 Å². The highest BCUT2D eigenvalue weighted by Crippen LogP contribution is 2.32. The molecule has 2 aromatic heterocycles. The zero-order valence-corrected chi connectivity index (χ0v) is 10.2. The number of nitriles is 1. The Morgan fingerprint density at radius 2 is 2.11 bits per heavy atom. The number of rotatable bonds is 1. The van der Waals surface area contributed by atoms with Crippen LogP contribution in [0.3, 0.4) is 0 Å². The molecule has 4 nitrogen and oxygen atoms in total. The van der Waals surface area contributed by atoms with Gasteiger partial charge in [0.15, 0.2) is 0 Å². The van der Waals surface area contributed by atoms with Crippen LogP contribution in [0.1, 0.15) is 11.4 Å². The van der Waals surface area contributed by atoms with E-state index in [0.717, 1.165) is 27.9 Å². The molecule has 0 bridgehead atoms. The molecule has 1 aromatic carbocycles. The van der Waals surface area contributed by atoms with Gasteiger partial charge in [0.1, 0.15) is 17.5 Å². The highest BCUT2D eigenvalue weighted by atomic mass is 15.0. The summed E-state index contributed by atoms with van der Waals surface area (Å²) in [6.07, 6.45) is 1.68. The summed E-state index contributed by atoms with van der Waals surface area (Å²) < 4.78 is 1.75. The Morgan fingerprint density at radius 3 is 2.89 bits per heavy atom. The van der Waals surface area contributed by atoms with E-state index >= 15 is 0 Å². The molecule has 0 amide bonds. The summed E-state index contributed by atoms with van der Waals surface area (Å²) in [7, 11) is 1.83. The minimum Gasteiger partial charge on any atom is -0.358 e. The van der Waals surface area contributed by atoms with Crippen molar-refractivity contribution >= 4 is 10.9 Å². The normalized spacial score (nSPS) is 10.7. The minimum atomic E-state index is 0.586. The van der Waals surface area contributed by atoms with Crippen molar-refractivity contribution in [2.45, 2.75) is 6.92 Å². The maximum Gasteiger partial charge on any atom is 0.147 e. The monoisotopic (exact) mass is 236 g/mol. The van der Waals surface area contributed by atoms with Crippen molar-refractivity contribution in [2.24, 2.45) is 7.05 Å². The summed E-state index contributed by atoms with van der Waals surface area (Å²) in [5.41, 5.74) is 4.45. The maximum absolute atomic E-state index is 9.23. The third kappa shape index (κ3) is 1.34. The van der Waals surface area contributed by atoms with E-state index in [1.165, 1.54) is 0 Å². The van der Waals surface area contributed by atoms with Crippen LogP contribution >= 0.6 is 0 Å². The largest absolute Gasteiger partial charge is 0.358 e. The molecule has 3 rings (SSSR count). The zero-order valence-electron chi connectivity index (χ0n) is 10.2. The van der Waals surface area contributed by atoms with Gasteiger partial charge in [-0.3, -0.25) is 0 Å². The standard InChI is InChI=1S/C14H12N4/c1-9-13(10-5-3-4-6-11(10)17-9)14-12(7-15)18(2)8-16-14/h3-6,8,17H,1-2H3. The summed E-state index contributed by atoms with van der Waals surface area (Å²) >= 11 is 0. The van der Waals surface area contributed by atoms with Gasteiger partial charge in [0, 0.05) is 29.2 Å². The van der Waals surface area contributed by atoms with Gasteiger partial charge in [0.05, 0.1) is 6.33 Å². The Kier molecular flexibility index (Phi) is 2.20. The smallest absolute Gasteiger partial charge is 0.147 e. The Hall–Kier alpha value is -2.54. The first kappa shape index (κ1) is 10.6. The number of hydrogen-bond donors (Lipinski definition) is 1. The molecule has 0 aliphatic carbocycles. The SMILES string of the molecule is Cc1[nH]c2ccccc2c1-c1ncn(C)c1C#N.